The van der Waals surface area contributed by atoms with Gasteiger partial charge in [0.05, 0.1) is 38.9 Å². The molecule has 0 spiro atoms. The molecule has 278 valence electrons. The van der Waals surface area contributed by atoms with Gasteiger partial charge in [0.25, 0.3) is 25.9 Å². The molecule has 0 saturated heterocycles. The lowest BCUT2D eigenvalue weighted by Crippen LogP contribution is -2.28. The summed E-state index contributed by atoms with van der Waals surface area (Å²) in [5.41, 5.74) is 10.1. The highest BCUT2D eigenvalue weighted by Gasteiger charge is 2.37. The van der Waals surface area contributed by atoms with Crippen LogP contribution in [0.1, 0.15) is 15.9 Å². The van der Waals surface area contributed by atoms with Crippen LogP contribution < -0.4 is 16.6 Å². The van der Waals surface area contributed by atoms with E-state index in [1.807, 2.05) is 24.3 Å². The Morgan fingerprint density at radius 2 is 1.31 bits per heavy atom. The first kappa shape index (κ1) is 38.1. The summed E-state index contributed by atoms with van der Waals surface area (Å²) in [6, 6.07) is 19.3. The standard InChI is InChI=1S/C34H24N8O10S3/c35-31-30-19(17-28(54(47,48)49)32(31)40-38-20-1-9-24(10-2-20)42(45)46)18-29(55(50,51)52)33(34(30)44)41-39-23-7-15-27(16-8-23)53-26-13-5-22(6-14-26)37-36-21-3-11-25(43)12-4-21/h1-18,37,39H,35H2,(H,47,48,49)(H,50,51,52). The number of Topliss-reactive ketones (excluding diaryl/α,β-unsaturated/α-hetero) is 1. The van der Waals surface area contributed by atoms with E-state index >= 15 is 0 Å². The fourth-order valence-corrected chi connectivity index (χ4v) is 7.09. The maximum absolute atomic E-state index is 13.8. The number of nitro groups is 1. The third-order valence-electron chi connectivity index (χ3n) is 7.57. The predicted molar refractivity (Wildman–Crippen MR) is 204 cm³/mol. The van der Waals surface area contributed by atoms with Crippen LogP contribution in [0, 0.1) is 10.1 Å². The van der Waals surface area contributed by atoms with Crippen molar-refractivity contribution in [2.24, 2.45) is 20.4 Å². The Labute approximate surface area is 315 Å². The molecule has 0 unspecified atom stereocenters. The number of carbonyl (C=O) groups excluding carboxylic acids is 2. The van der Waals surface area contributed by atoms with Gasteiger partial charge in [0.2, 0.25) is 5.78 Å². The number of rotatable bonds is 11. The number of hydrogen-bond donors (Lipinski definition) is 5. The van der Waals surface area contributed by atoms with Gasteiger partial charge in [-0.2, -0.15) is 32.2 Å². The first-order chi connectivity index (χ1) is 26.1. The van der Waals surface area contributed by atoms with Gasteiger partial charge in [-0.05, 0) is 103 Å². The number of hydrogen-bond acceptors (Lipinski definition) is 16. The molecule has 0 saturated carbocycles. The van der Waals surface area contributed by atoms with Crippen molar-refractivity contribution in [1.82, 2.24) is 0 Å². The average Bonchev–Trinajstić information content (AvgIpc) is 3.14. The van der Waals surface area contributed by atoms with Gasteiger partial charge in [0.1, 0.15) is 15.5 Å². The highest BCUT2D eigenvalue weighted by molar-refractivity contribution is 7.99. The summed E-state index contributed by atoms with van der Waals surface area (Å²) in [5.74, 6) is -1.26. The van der Waals surface area contributed by atoms with Crippen LogP contribution in [0.4, 0.5) is 34.1 Å². The summed E-state index contributed by atoms with van der Waals surface area (Å²) in [4.78, 5) is 35.1. The van der Waals surface area contributed by atoms with E-state index in [-0.39, 0.29) is 17.2 Å². The van der Waals surface area contributed by atoms with Crippen LogP contribution in [0.25, 0.3) is 6.08 Å². The SMILES string of the molecule is Nc1c(N=Nc2ccc([N+](=O)[O-])cc2)c(S(=O)(=O)O)cc2c1C(=O)C(=NNc1ccc(Sc3ccc(NN=C4C=CC(=O)C=C4)cc3)cc1)C(S(=O)(=O)O)=C2. The van der Waals surface area contributed by atoms with E-state index in [0.717, 1.165) is 39.8 Å². The van der Waals surface area contributed by atoms with Crippen molar-refractivity contribution in [3.05, 3.63) is 129 Å². The van der Waals surface area contributed by atoms with Gasteiger partial charge >= 0.3 is 0 Å². The average molecular weight is 801 g/mol. The van der Waals surface area contributed by atoms with E-state index in [9.17, 15) is 45.6 Å². The summed E-state index contributed by atoms with van der Waals surface area (Å²) in [5, 5.41) is 26.7. The second-order valence-electron chi connectivity index (χ2n) is 11.3. The molecule has 18 nitrogen and oxygen atoms in total. The number of allylic oxidation sites excluding steroid dienone is 5. The number of hydrazone groups is 2. The molecule has 0 aliphatic heterocycles. The van der Waals surface area contributed by atoms with Crippen LogP contribution in [0.2, 0.25) is 0 Å². The lowest BCUT2D eigenvalue weighted by Gasteiger charge is -2.20. The number of carbonyl (C=O) groups is 2. The van der Waals surface area contributed by atoms with Crippen molar-refractivity contribution in [2.45, 2.75) is 14.7 Å². The number of non-ortho nitro benzene ring substituents is 1. The fourth-order valence-electron chi connectivity index (χ4n) is 4.95. The maximum atomic E-state index is 13.8. The van der Waals surface area contributed by atoms with Gasteiger partial charge in [-0.25, -0.2) is 0 Å². The van der Waals surface area contributed by atoms with Gasteiger partial charge < -0.3 is 5.73 Å². The number of nitrogen functional groups attached to an aromatic ring is 1. The molecule has 0 fully saturated rings. The Bertz CT molecular complexity index is 2650. The number of nitro benzene ring substituents is 1. The van der Waals surface area contributed by atoms with Crippen LogP contribution in [0.15, 0.2) is 143 Å². The third-order valence-corrected chi connectivity index (χ3v) is 10.3. The molecule has 55 heavy (non-hydrogen) atoms. The molecule has 0 radical (unpaired) electrons. The molecule has 0 heterocycles. The van der Waals surface area contributed by atoms with E-state index < -0.39 is 69.0 Å². The van der Waals surface area contributed by atoms with E-state index in [1.54, 1.807) is 36.4 Å². The lowest BCUT2D eigenvalue weighted by molar-refractivity contribution is -0.384. The smallest absolute Gasteiger partial charge is 0.296 e. The second kappa shape index (κ2) is 15.4. The van der Waals surface area contributed by atoms with Crippen LogP contribution in [0.3, 0.4) is 0 Å². The first-order valence-electron chi connectivity index (χ1n) is 15.4. The Balaban J connectivity index is 1.23. The van der Waals surface area contributed by atoms with Crippen LogP contribution in [-0.2, 0) is 25.0 Å². The third kappa shape index (κ3) is 8.94. The molecule has 21 heteroatoms. The maximum Gasteiger partial charge on any atom is 0.296 e. The topological polar surface area (TPSA) is 286 Å². The summed E-state index contributed by atoms with van der Waals surface area (Å²) in [6.07, 6.45) is 6.78. The molecule has 6 rings (SSSR count). The molecule has 0 bridgehead atoms. The van der Waals surface area contributed by atoms with Crippen molar-refractivity contribution in [3.63, 3.8) is 0 Å². The zero-order valence-electron chi connectivity index (χ0n) is 27.6. The predicted octanol–water partition coefficient (Wildman–Crippen LogP) is 6.35. The van der Waals surface area contributed by atoms with Gasteiger partial charge in [-0.3, -0.25) is 39.7 Å². The summed E-state index contributed by atoms with van der Waals surface area (Å²) in [7, 11) is -10.3. The van der Waals surface area contributed by atoms with Gasteiger partial charge in [0, 0.05) is 21.9 Å². The zero-order valence-corrected chi connectivity index (χ0v) is 30.0. The Hall–Kier alpha value is -6.65. The van der Waals surface area contributed by atoms with E-state index in [0.29, 0.717) is 11.4 Å². The van der Waals surface area contributed by atoms with Crippen molar-refractivity contribution in [2.75, 3.05) is 16.6 Å². The van der Waals surface area contributed by atoms with Crippen molar-refractivity contribution in [3.8, 4) is 0 Å². The molecular formula is C34H24N8O10S3. The number of nitrogens with one attached hydrogen (secondary N) is 2. The number of benzene rings is 4. The number of fused-ring (bicyclic) bond motifs is 1. The Morgan fingerprint density at radius 3 is 1.84 bits per heavy atom. The van der Waals surface area contributed by atoms with Gasteiger partial charge in [-0.15, -0.1) is 5.11 Å². The number of anilines is 3. The minimum absolute atomic E-state index is 0.0166. The zero-order chi connectivity index (χ0) is 39.5. The molecule has 2 aliphatic carbocycles. The van der Waals surface area contributed by atoms with Crippen molar-refractivity contribution < 1.29 is 40.5 Å². The van der Waals surface area contributed by atoms with Crippen molar-refractivity contribution >= 4 is 95.2 Å². The van der Waals surface area contributed by atoms with Gasteiger partial charge in [-0.1, -0.05) is 11.8 Å². The van der Waals surface area contributed by atoms with E-state index in [4.69, 9.17) is 5.73 Å². The van der Waals surface area contributed by atoms with Crippen LogP contribution >= 0.6 is 11.8 Å². The van der Waals surface area contributed by atoms with Crippen LogP contribution in [-0.4, -0.2) is 53.9 Å². The lowest BCUT2D eigenvalue weighted by atomic mass is 9.92. The molecule has 4 aromatic carbocycles. The number of nitrogens with two attached hydrogens (primary N) is 1. The highest BCUT2D eigenvalue weighted by atomic mass is 32.2. The summed E-state index contributed by atoms with van der Waals surface area (Å²) >= 11 is 1.42. The molecular weight excluding hydrogens is 777 g/mol. The number of nitrogens with zero attached hydrogens (tertiary/aromatic N) is 5. The Morgan fingerprint density at radius 1 is 0.745 bits per heavy atom. The molecule has 2 aliphatic rings. The molecule has 4 aromatic rings. The van der Waals surface area contributed by atoms with E-state index in [2.05, 4.69) is 31.3 Å². The minimum atomic E-state index is -5.14. The van der Waals surface area contributed by atoms with Crippen LogP contribution in [0.5, 0.6) is 0 Å². The summed E-state index contributed by atoms with van der Waals surface area (Å²) in [6.45, 7) is 0. The highest BCUT2D eigenvalue weighted by Crippen LogP contribution is 2.41. The van der Waals surface area contributed by atoms with E-state index in [1.165, 1.54) is 36.0 Å². The number of azo groups is 1. The van der Waals surface area contributed by atoms with Gasteiger partial charge in [0.15, 0.2) is 11.5 Å². The first-order valence-corrected chi connectivity index (χ1v) is 19.1. The van der Waals surface area contributed by atoms with Crippen molar-refractivity contribution in [1.29, 1.82) is 0 Å². The quantitative estimate of drug-likeness (QED) is 0.0276. The summed E-state index contributed by atoms with van der Waals surface area (Å²) < 4.78 is 69.4. The normalized spacial score (nSPS) is 14.9. The fraction of sp³-hybridized carbons (Fsp3) is 0. The molecule has 6 N–H and O–H groups in total. The Kier molecular flexibility index (Phi) is 10.6. The molecule has 0 atom stereocenters. The largest absolute Gasteiger partial charge is 0.396 e. The monoisotopic (exact) mass is 800 g/mol. The molecule has 0 aromatic heterocycles. The minimum Gasteiger partial charge on any atom is -0.396 e. The second-order valence-corrected chi connectivity index (χ2v) is 15.2. The molecule has 0 amide bonds. The number of ketones is 2.